The van der Waals surface area contributed by atoms with Gasteiger partial charge in [-0.1, -0.05) is 22.0 Å². The third-order valence-corrected chi connectivity index (χ3v) is 4.47. The summed E-state index contributed by atoms with van der Waals surface area (Å²) >= 11 is 3.26. The second-order valence-electron chi connectivity index (χ2n) is 6.32. The van der Waals surface area contributed by atoms with Crippen molar-refractivity contribution in [3.63, 3.8) is 0 Å². The normalized spacial score (nSPS) is 13.7. The molecule has 2 N–H and O–H groups in total. The summed E-state index contributed by atoms with van der Waals surface area (Å²) in [7, 11) is 0. The third kappa shape index (κ3) is 5.48. The number of alkyl halides is 3. The minimum absolute atomic E-state index is 0.0348. The van der Waals surface area contributed by atoms with E-state index in [9.17, 15) is 22.8 Å². The van der Waals surface area contributed by atoms with Crippen LogP contribution in [0.15, 0.2) is 46.9 Å². The molecule has 0 saturated heterocycles. The number of anilines is 2. The van der Waals surface area contributed by atoms with Gasteiger partial charge in [0.05, 0.1) is 11.3 Å². The fourth-order valence-corrected chi connectivity index (χ4v) is 2.83. The van der Waals surface area contributed by atoms with E-state index in [4.69, 9.17) is 4.74 Å². The molecule has 9 heteroatoms. The number of halogens is 4. The van der Waals surface area contributed by atoms with Crippen molar-refractivity contribution in [2.24, 2.45) is 5.92 Å². The van der Waals surface area contributed by atoms with E-state index in [1.54, 1.807) is 24.3 Å². The van der Waals surface area contributed by atoms with Crippen LogP contribution in [0.25, 0.3) is 0 Å². The molecule has 0 unspecified atom stereocenters. The van der Waals surface area contributed by atoms with Gasteiger partial charge in [0, 0.05) is 16.1 Å². The summed E-state index contributed by atoms with van der Waals surface area (Å²) in [4.78, 5) is 23.8. The highest BCUT2D eigenvalue weighted by atomic mass is 79.9. The Labute approximate surface area is 167 Å². The summed E-state index contributed by atoms with van der Waals surface area (Å²) in [6.07, 6.45) is -3.22. The van der Waals surface area contributed by atoms with Crippen LogP contribution >= 0.6 is 15.9 Å². The molecule has 0 spiro atoms. The van der Waals surface area contributed by atoms with Gasteiger partial charge in [0.1, 0.15) is 5.75 Å². The van der Waals surface area contributed by atoms with E-state index in [2.05, 4.69) is 26.6 Å². The fraction of sp³-hybridized carbons (Fsp3) is 0.263. The predicted octanol–water partition coefficient (Wildman–Crippen LogP) is 4.83. The first-order chi connectivity index (χ1) is 13.2. The largest absolute Gasteiger partial charge is 0.484 e. The lowest BCUT2D eigenvalue weighted by Crippen LogP contribution is -2.22. The van der Waals surface area contributed by atoms with Crippen molar-refractivity contribution < 1.29 is 27.5 Å². The van der Waals surface area contributed by atoms with Gasteiger partial charge in [0.15, 0.2) is 6.61 Å². The molecule has 0 aliphatic heterocycles. The molecule has 0 aromatic heterocycles. The Morgan fingerprint density at radius 3 is 2.50 bits per heavy atom. The first-order valence-electron chi connectivity index (χ1n) is 8.43. The Kier molecular flexibility index (Phi) is 5.93. The smallest absolute Gasteiger partial charge is 0.418 e. The molecule has 2 aromatic rings. The monoisotopic (exact) mass is 456 g/mol. The Morgan fingerprint density at radius 2 is 1.86 bits per heavy atom. The van der Waals surface area contributed by atoms with Crippen LogP contribution in [0.5, 0.6) is 5.75 Å². The molecule has 0 heterocycles. The van der Waals surface area contributed by atoms with Gasteiger partial charge in [-0.2, -0.15) is 13.2 Å². The molecule has 5 nitrogen and oxygen atoms in total. The van der Waals surface area contributed by atoms with Gasteiger partial charge in [-0.3, -0.25) is 9.59 Å². The number of benzene rings is 2. The van der Waals surface area contributed by atoms with E-state index in [1.165, 1.54) is 6.07 Å². The van der Waals surface area contributed by atoms with E-state index in [-0.39, 0.29) is 17.5 Å². The highest BCUT2D eigenvalue weighted by molar-refractivity contribution is 9.10. The Morgan fingerprint density at radius 1 is 1.11 bits per heavy atom. The van der Waals surface area contributed by atoms with Gasteiger partial charge in [0.25, 0.3) is 5.91 Å². The lowest BCUT2D eigenvalue weighted by molar-refractivity contribution is -0.137. The molecule has 0 atom stereocenters. The van der Waals surface area contributed by atoms with Crippen molar-refractivity contribution in [2.45, 2.75) is 19.0 Å². The van der Waals surface area contributed by atoms with Crippen molar-refractivity contribution >= 4 is 39.1 Å². The molecule has 1 aliphatic carbocycles. The molecule has 28 heavy (non-hydrogen) atoms. The summed E-state index contributed by atoms with van der Waals surface area (Å²) in [5.74, 6) is -0.768. The standard InChI is InChI=1S/C19H16BrF3N2O3/c20-12-2-1-3-14(8-12)28-10-17(26)25-16-7-6-13(9-15(16)19(21,22)23)24-18(27)11-4-5-11/h1-3,6-9,11H,4-5,10H2,(H,24,27)(H,25,26). The first kappa shape index (κ1) is 20.2. The number of rotatable bonds is 6. The Balaban J connectivity index is 1.69. The molecular formula is C19H16BrF3N2O3. The van der Waals surface area contributed by atoms with Crippen molar-refractivity contribution in [3.05, 3.63) is 52.5 Å². The van der Waals surface area contributed by atoms with Gasteiger partial charge in [-0.05, 0) is 49.2 Å². The van der Waals surface area contributed by atoms with Gasteiger partial charge in [-0.15, -0.1) is 0 Å². The summed E-state index contributed by atoms with van der Waals surface area (Å²) in [5, 5.41) is 4.68. The molecule has 1 saturated carbocycles. The van der Waals surface area contributed by atoms with E-state index in [1.807, 2.05) is 0 Å². The van der Waals surface area contributed by atoms with E-state index < -0.39 is 29.9 Å². The summed E-state index contributed by atoms with van der Waals surface area (Å²) in [5.41, 5.74) is -1.41. The Bertz CT molecular complexity index is 898. The number of carbonyl (C=O) groups excluding carboxylic acids is 2. The maximum Gasteiger partial charge on any atom is 0.418 e. The van der Waals surface area contributed by atoms with Crippen LogP contribution in [-0.4, -0.2) is 18.4 Å². The summed E-state index contributed by atoms with van der Waals surface area (Å²) in [6, 6.07) is 9.97. The van der Waals surface area contributed by atoms with E-state index in [0.717, 1.165) is 29.4 Å². The number of hydrogen-bond acceptors (Lipinski definition) is 3. The summed E-state index contributed by atoms with van der Waals surface area (Å²) < 4.78 is 46.2. The minimum atomic E-state index is -4.70. The fourth-order valence-electron chi connectivity index (χ4n) is 2.45. The van der Waals surface area contributed by atoms with Crippen molar-refractivity contribution in [1.82, 2.24) is 0 Å². The predicted molar refractivity (Wildman–Crippen MR) is 101 cm³/mol. The molecule has 0 radical (unpaired) electrons. The quantitative estimate of drug-likeness (QED) is 0.653. The zero-order valence-electron chi connectivity index (χ0n) is 14.5. The van der Waals surface area contributed by atoms with Crippen LogP contribution in [0.4, 0.5) is 24.5 Å². The number of hydrogen-bond donors (Lipinski definition) is 2. The number of carbonyl (C=O) groups is 2. The highest BCUT2D eigenvalue weighted by Crippen LogP contribution is 2.37. The lowest BCUT2D eigenvalue weighted by Gasteiger charge is -2.16. The van der Waals surface area contributed by atoms with Crippen molar-refractivity contribution in [2.75, 3.05) is 17.2 Å². The van der Waals surface area contributed by atoms with Gasteiger partial charge < -0.3 is 15.4 Å². The zero-order chi connectivity index (χ0) is 20.3. The molecule has 148 valence electrons. The van der Waals surface area contributed by atoms with Crippen LogP contribution < -0.4 is 15.4 Å². The average Bonchev–Trinajstić information content (AvgIpc) is 3.46. The van der Waals surface area contributed by atoms with Crippen molar-refractivity contribution in [1.29, 1.82) is 0 Å². The van der Waals surface area contributed by atoms with Crippen LogP contribution in [0, 0.1) is 5.92 Å². The summed E-state index contributed by atoms with van der Waals surface area (Å²) in [6.45, 7) is -0.450. The van der Waals surface area contributed by atoms with Crippen LogP contribution in [0.1, 0.15) is 18.4 Å². The molecule has 1 aliphatic rings. The second-order valence-corrected chi connectivity index (χ2v) is 7.23. The molecular weight excluding hydrogens is 441 g/mol. The highest BCUT2D eigenvalue weighted by Gasteiger charge is 2.35. The molecule has 2 aromatic carbocycles. The zero-order valence-corrected chi connectivity index (χ0v) is 16.1. The van der Waals surface area contributed by atoms with Crippen LogP contribution in [0.2, 0.25) is 0 Å². The molecule has 0 bridgehead atoms. The second kappa shape index (κ2) is 8.22. The third-order valence-electron chi connectivity index (χ3n) is 3.98. The van der Waals surface area contributed by atoms with Gasteiger partial charge in [0.2, 0.25) is 5.91 Å². The Hall–Kier alpha value is -2.55. The number of nitrogens with one attached hydrogen (secondary N) is 2. The van der Waals surface area contributed by atoms with E-state index >= 15 is 0 Å². The molecule has 3 rings (SSSR count). The lowest BCUT2D eigenvalue weighted by atomic mass is 10.1. The first-order valence-corrected chi connectivity index (χ1v) is 9.22. The van der Waals surface area contributed by atoms with E-state index in [0.29, 0.717) is 5.75 Å². The van der Waals surface area contributed by atoms with Crippen LogP contribution in [-0.2, 0) is 15.8 Å². The number of ether oxygens (including phenoxy) is 1. The average molecular weight is 457 g/mol. The maximum absolute atomic E-state index is 13.4. The topological polar surface area (TPSA) is 67.4 Å². The van der Waals surface area contributed by atoms with Crippen molar-refractivity contribution in [3.8, 4) is 5.75 Å². The minimum Gasteiger partial charge on any atom is -0.484 e. The van der Waals surface area contributed by atoms with Gasteiger partial charge in [-0.25, -0.2) is 0 Å². The molecule has 1 fully saturated rings. The molecule has 2 amide bonds. The van der Waals surface area contributed by atoms with Gasteiger partial charge >= 0.3 is 6.18 Å². The number of amides is 2. The SMILES string of the molecule is O=C(COc1cccc(Br)c1)Nc1ccc(NC(=O)C2CC2)cc1C(F)(F)F. The maximum atomic E-state index is 13.4. The van der Waals surface area contributed by atoms with Crippen LogP contribution in [0.3, 0.4) is 0 Å².